The van der Waals surface area contributed by atoms with Crippen molar-refractivity contribution in [1.29, 1.82) is 5.41 Å². The molecule has 0 bridgehead atoms. The van der Waals surface area contributed by atoms with E-state index in [2.05, 4.69) is 12.7 Å². The first-order valence-corrected chi connectivity index (χ1v) is 16.8. The van der Waals surface area contributed by atoms with Gasteiger partial charge in [-0.3, -0.25) is 0 Å². The molecule has 0 heterocycles. The fraction of sp³-hybridized carbons (Fsp3) is 0.341. The molecule has 4 aromatic rings. The molecule has 4 atom stereocenters. The van der Waals surface area contributed by atoms with Crippen molar-refractivity contribution in [2.24, 2.45) is 23.7 Å². The lowest BCUT2D eigenvalue weighted by molar-refractivity contribution is 0.0728. The highest BCUT2D eigenvalue weighted by molar-refractivity contribution is 6.04. The van der Waals surface area contributed by atoms with E-state index in [1.54, 1.807) is 18.2 Å². The number of hydrogen-bond donors (Lipinski definition) is 1. The van der Waals surface area contributed by atoms with Gasteiger partial charge >= 0.3 is 11.9 Å². The average Bonchev–Trinajstić information content (AvgIpc) is 3.11. The minimum Gasteiger partial charge on any atom is -0.493 e. The number of allylic oxidation sites excluding steroid dienone is 1. The van der Waals surface area contributed by atoms with Gasteiger partial charge in [0.1, 0.15) is 11.5 Å². The van der Waals surface area contributed by atoms with Crippen LogP contribution in [0.15, 0.2) is 79.4 Å². The zero-order chi connectivity index (χ0) is 33.8. The first-order valence-electron chi connectivity index (χ1n) is 16.8. The Hall–Kier alpha value is -4.91. The van der Waals surface area contributed by atoms with Crippen LogP contribution in [0.1, 0.15) is 75.9 Å². The van der Waals surface area contributed by atoms with Crippen LogP contribution < -0.4 is 18.9 Å². The van der Waals surface area contributed by atoms with Crippen LogP contribution >= 0.6 is 0 Å². The van der Waals surface area contributed by atoms with E-state index in [0.29, 0.717) is 41.1 Å². The molecule has 0 radical (unpaired) electrons. The van der Waals surface area contributed by atoms with Crippen molar-refractivity contribution in [3.63, 3.8) is 0 Å². The molecule has 0 amide bonds. The number of esters is 2. The Bertz CT molecular complexity index is 1860. The first-order chi connectivity index (χ1) is 23.3. The molecular formula is C41H43NO6. The number of ether oxygens (including phenoxy) is 4. The van der Waals surface area contributed by atoms with Gasteiger partial charge < -0.3 is 24.4 Å². The van der Waals surface area contributed by atoms with Gasteiger partial charge in [-0.1, -0.05) is 35.9 Å². The van der Waals surface area contributed by atoms with E-state index in [0.717, 1.165) is 33.7 Å². The highest BCUT2D eigenvalue weighted by Gasteiger charge is 2.35. The Balaban J connectivity index is 1.11. The highest BCUT2D eigenvalue weighted by atomic mass is 16.6. The molecule has 7 heteroatoms. The van der Waals surface area contributed by atoms with Crippen LogP contribution in [0.25, 0.3) is 10.8 Å². The van der Waals surface area contributed by atoms with E-state index in [1.807, 2.05) is 44.2 Å². The number of hydrogen-bond acceptors (Lipinski definition) is 7. The van der Waals surface area contributed by atoms with Gasteiger partial charge in [0.2, 0.25) is 0 Å². The Labute approximate surface area is 282 Å². The summed E-state index contributed by atoms with van der Waals surface area (Å²) in [6.07, 6.45) is 10.9. The van der Waals surface area contributed by atoms with E-state index < -0.39 is 11.9 Å². The molecule has 248 valence electrons. The third-order valence-corrected chi connectivity index (χ3v) is 10.1. The Morgan fingerprint density at radius 3 is 2.23 bits per heavy atom. The third-order valence-electron chi connectivity index (χ3n) is 10.1. The summed E-state index contributed by atoms with van der Waals surface area (Å²) in [4.78, 5) is 26.1. The van der Waals surface area contributed by atoms with Crippen LogP contribution in [0.5, 0.6) is 23.0 Å². The SMILES string of the molecule is C=CC1CCC2CC(COc3ccc4cc(C(=O)Oc5ccc(C(=O)Oc6ccc(C)cc6C)cc5OC)ccc4c3C=N)CCC2C1. The minimum atomic E-state index is -0.574. The zero-order valence-electron chi connectivity index (χ0n) is 27.9. The second kappa shape index (κ2) is 14.5. The summed E-state index contributed by atoms with van der Waals surface area (Å²) < 4.78 is 23.1. The van der Waals surface area contributed by atoms with Gasteiger partial charge in [0, 0.05) is 11.8 Å². The summed E-state index contributed by atoms with van der Waals surface area (Å²) in [6.45, 7) is 8.52. The molecule has 2 aliphatic carbocycles. The maximum absolute atomic E-state index is 13.2. The van der Waals surface area contributed by atoms with Crippen molar-refractivity contribution >= 4 is 28.9 Å². The number of carbonyl (C=O) groups excluding carboxylic acids is 2. The van der Waals surface area contributed by atoms with E-state index in [1.165, 1.54) is 70.0 Å². The van der Waals surface area contributed by atoms with Crippen LogP contribution in [-0.4, -0.2) is 31.9 Å². The molecule has 4 aromatic carbocycles. The minimum absolute atomic E-state index is 0.178. The molecule has 0 spiro atoms. The second-order valence-corrected chi connectivity index (χ2v) is 13.3. The van der Waals surface area contributed by atoms with Crippen molar-refractivity contribution in [3.8, 4) is 23.0 Å². The van der Waals surface area contributed by atoms with Gasteiger partial charge in [0.15, 0.2) is 11.5 Å². The average molecular weight is 646 g/mol. The molecular weight excluding hydrogens is 602 g/mol. The first kappa shape index (κ1) is 33.0. The van der Waals surface area contributed by atoms with Gasteiger partial charge in [-0.15, -0.1) is 6.58 Å². The van der Waals surface area contributed by atoms with Crippen LogP contribution in [0, 0.1) is 42.9 Å². The summed E-state index contributed by atoms with van der Waals surface area (Å²) in [6, 6.07) is 19.2. The standard InChI is InChI=1S/C41H43NO6/c1-5-27-7-9-30-20-28(8-10-29(30)19-27)24-46-37-16-12-31-21-32(11-14-34(31)35(37)23-42)40(43)48-38-17-13-33(22-39(38)45-4)41(44)47-36-15-6-25(2)18-26(36)3/h5-6,11-18,21-23,27-30,42H,1,7-10,19-20,24H2,2-4H3. The van der Waals surface area contributed by atoms with E-state index in [9.17, 15) is 9.59 Å². The predicted octanol–water partition coefficient (Wildman–Crippen LogP) is 9.30. The van der Waals surface area contributed by atoms with Crippen LogP contribution in [-0.2, 0) is 0 Å². The summed E-state index contributed by atoms with van der Waals surface area (Å²) in [5.74, 6) is 3.24. The van der Waals surface area contributed by atoms with E-state index >= 15 is 0 Å². The van der Waals surface area contributed by atoms with Gasteiger partial charge in [0.05, 0.1) is 24.8 Å². The Morgan fingerprint density at radius 1 is 0.792 bits per heavy atom. The fourth-order valence-electron chi connectivity index (χ4n) is 7.44. The van der Waals surface area contributed by atoms with Crippen molar-refractivity contribution in [1.82, 2.24) is 0 Å². The quantitative estimate of drug-likeness (QED) is 0.0799. The number of aryl methyl sites for hydroxylation is 2. The molecule has 0 saturated heterocycles. The van der Waals surface area contributed by atoms with Gasteiger partial charge in [-0.25, -0.2) is 9.59 Å². The monoisotopic (exact) mass is 645 g/mol. The highest BCUT2D eigenvalue weighted by Crippen LogP contribution is 2.45. The fourth-order valence-corrected chi connectivity index (χ4v) is 7.44. The molecule has 0 aromatic heterocycles. The molecule has 1 N–H and O–H groups in total. The van der Waals surface area contributed by atoms with E-state index in [-0.39, 0.29) is 17.1 Å². The third kappa shape index (κ3) is 7.15. The Morgan fingerprint density at radius 2 is 1.48 bits per heavy atom. The lowest BCUT2D eigenvalue weighted by atomic mass is 9.65. The number of fused-ring (bicyclic) bond motifs is 2. The molecule has 4 unspecified atom stereocenters. The van der Waals surface area contributed by atoms with Crippen molar-refractivity contribution in [3.05, 3.63) is 107 Å². The topological polar surface area (TPSA) is 94.9 Å². The Kier molecular flexibility index (Phi) is 9.95. The largest absolute Gasteiger partial charge is 0.493 e. The van der Waals surface area contributed by atoms with Gasteiger partial charge in [-0.2, -0.15) is 0 Å². The van der Waals surface area contributed by atoms with E-state index in [4.69, 9.17) is 24.4 Å². The lowest BCUT2D eigenvalue weighted by Crippen LogP contribution is -2.32. The molecule has 0 aliphatic heterocycles. The number of rotatable bonds is 10. The molecule has 2 aliphatic rings. The number of nitrogens with one attached hydrogen (secondary N) is 1. The number of carbonyl (C=O) groups is 2. The smallest absolute Gasteiger partial charge is 0.343 e. The van der Waals surface area contributed by atoms with Crippen molar-refractivity contribution in [2.45, 2.75) is 52.4 Å². The molecule has 7 nitrogen and oxygen atoms in total. The summed E-state index contributed by atoms with van der Waals surface area (Å²) in [5, 5.41) is 9.78. The molecule has 48 heavy (non-hydrogen) atoms. The van der Waals surface area contributed by atoms with Crippen LogP contribution in [0.4, 0.5) is 0 Å². The lowest BCUT2D eigenvalue weighted by Gasteiger charge is -2.41. The number of benzene rings is 4. The maximum Gasteiger partial charge on any atom is 0.343 e. The normalized spacial score (nSPS) is 20.3. The maximum atomic E-state index is 13.2. The zero-order valence-corrected chi connectivity index (χ0v) is 27.9. The second-order valence-electron chi connectivity index (χ2n) is 13.3. The molecule has 2 fully saturated rings. The predicted molar refractivity (Wildman–Crippen MR) is 188 cm³/mol. The molecule has 2 saturated carbocycles. The van der Waals surface area contributed by atoms with Crippen molar-refractivity contribution in [2.75, 3.05) is 13.7 Å². The van der Waals surface area contributed by atoms with Gasteiger partial charge in [0.25, 0.3) is 0 Å². The summed E-state index contributed by atoms with van der Waals surface area (Å²) in [7, 11) is 1.44. The molecule has 6 rings (SSSR count). The number of methoxy groups -OCH3 is 1. The van der Waals surface area contributed by atoms with Gasteiger partial charge in [-0.05, 0) is 135 Å². The summed E-state index contributed by atoms with van der Waals surface area (Å²) >= 11 is 0. The van der Waals surface area contributed by atoms with Crippen LogP contribution in [0.2, 0.25) is 0 Å². The van der Waals surface area contributed by atoms with Crippen molar-refractivity contribution < 1.29 is 28.5 Å². The summed E-state index contributed by atoms with van der Waals surface area (Å²) in [5.41, 5.74) is 3.22. The van der Waals surface area contributed by atoms with Crippen LogP contribution in [0.3, 0.4) is 0 Å².